The van der Waals surface area contributed by atoms with Gasteiger partial charge in [-0.1, -0.05) is 35.5 Å². The van der Waals surface area contributed by atoms with Crippen LogP contribution in [0.15, 0.2) is 57.7 Å². The van der Waals surface area contributed by atoms with Gasteiger partial charge in [0.05, 0.1) is 0 Å². The molecule has 1 atom stereocenters. The van der Waals surface area contributed by atoms with Crippen LogP contribution in [0.4, 0.5) is 10.5 Å². The van der Waals surface area contributed by atoms with E-state index in [1.54, 1.807) is 19.2 Å². The molecule has 0 aliphatic carbocycles. The highest BCUT2D eigenvalue weighted by atomic mass is 79.9. The number of rotatable bonds is 4. The predicted octanol–water partition coefficient (Wildman–Crippen LogP) is 5.12. The van der Waals surface area contributed by atoms with Crippen molar-refractivity contribution in [1.29, 1.82) is 0 Å². The van der Waals surface area contributed by atoms with Gasteiger partial charge in [0.15, 0.2) is 0 Å². The summed E-state index contributed by atoms with van der Waals surface area (Å²) in [5.41, 5.74) is 2.47. The molecule has 2 aromatic heterocycles. The predicted molar refractivity (Wildman–Crippen MR) is 97.1 cm³/mol. The number of aryl methyl sites for hydroxylation is 1. The number of nitrogens with one attached hydrogen (secondary N) is 1. The number of carbonyl (C=O) groups is 1. The largest absolute Gasteiger partial charge is 0.441 e. The Hall–Kier alpha value is -2.67. The highest BCUT2D eigenvalue weighted by molar-refractivity contribution is 9.10. The molecule has 25 heavy (non-hydrogen) atoms. The highest BCUT2D eigenvalue weighted by Gasteiger charge is 2.20. The Kier molecular flexibility index (Phi) is 5.14. The van der Waals surface area contributed by atoms with Crippen molar-refractivity contribution in [3.8, 4) is 11.5 Å². The summed E-state index contributed by atoms with van der Waals surface area (Å²) in [5, 5.41) is 6.61. The van der Waals surface area contributed by atoms with Gasteiger partial charge in [-0.15, -0.1) is 0 Å². The number of nitrogens with zero attached hydrogens (tertiary/aromatic N) is 2. The number of benzene rings is 1. The number of hydrogen-bond donors (Lipinski definition) is 1. The zero-order valence-electron chi connectivity index (χ0n) is 13.7. The summed E-state index contributed by atoms with van der Waals surface area (Å²) < 4.78 is 11.6. The zero-order valence-corrected chi connectivity index (χ0v) is 15.3. The molecule has 0 saturated carbocycles. The number of halogens is 1. The lowest BCUT2D eigenvalue weighted by Crippen LogP contribution is -2.16. The molecule has 0 spiro atoms. The third kappa shape index (κ3) is 4.06. The smallest absolute Gasteiger partial charge is 0.412 e. The van der Waals surface area contributed by atoms with E-state index < -0.39 is 6.09 Å². The number of anilines is 1. The maximum absolute atomic E-state index is 12.3. The van der Waals surface area contributed by atoms with Crippen molar-refractivity contribution in [2.45, 2.75) is 20.0 Å². The third-order valence-electron chi connectivity index (χ3n) is 3.60. The van der Waals surface area contributed by atoms with Gasteiger partial charge in [0.1, 0.15) is 23.2 Å². The van der Waals surface area contributed by atoms with E-state index in [1.165, 1.54) is 0 Å². The van der Waals surface area contributed by atoms with Crippen LogP contribution in [0.25, 0.3) is 11.5 Å². The first kappa shape index (κ1) is 17.2. The van der Waals surface area contributed by atoms with Crippen molar-refractivity contribution in [3.05, 3.63) is 64.4 Å². The normalized spacial score (nSPS) is 11.8. The van der Waals surface area contributed by atoms with Gasteiger partial charge in [0, 0.05) is 10.7 Å². The summed E-state index contributed by atoms with van der Waals surface area (Å²) in [6.45, 7) is 3.55. The SMILES string of the molecule is Cc1noc(-c2ccc(Br)cn2)c1NC(=O)O[C@H](C)c1ccccc1. The first-order valence-electron chi connectivity index (χ1n) is 7.65. The fourth-order valence-corrected chi connectivity index (χ4v) is 2.52. The molecule has 3 aromatic rings. The lowest BCUT2D eigenvalue weighted by atomic mass is 10.1. The van der Waals surface area contributed by atoms with E-state index in [2.05, 4.69) is 31.4 Å². The Bertz CT molecular complexity index is 863. The average Bonchev–Trinajstić information content (AvgIpc) is 2.97. The van der Waals surface area contributed by atoms with Crippen LogP contribution in [-0.4, -0.2) is 16.2 Å². The quantitative estimate of drug-likeness (QED) is 0.656. The molecule has 1 N–H and O–H groups in total. The second-order valence-corrected chi connectivity index (χ2v) is 6.33. The van der Waals surface area contributed by atoms with E-state index >= 15 is 0 Å². The number of amides is 1. The molecule has 0 bridgehead atoms. The molecule has 0 fully saturated rings. The van der Waals surface area contributed by atoms with Gasteiger partial charge in [-0.2, -0.15) is 0 Å². The zero-order chi connectivity index (χ0) is 17.8. The Balaban J connectivity index is 1.75. The number of pyridine rings is 1. The topological polar surface area (TPSA) is 77.3 Å². The molecule has 2 heterocycles. The van der Waals surface area contributed by atoms with E-state index in [0.29, 0.717) is 22.8 Å². The van der Waals surface area contributed by atoms with Gasteiger partial charge in [-0.25, -0.2) is 4.79 Å². The van der Waals surface area contributed by atoms with Gasteiger partial charge >= 0.3 is 6.09 Å². The second kappa shape index (κ2) is 7.48. The Morgan fingerprint density at radius 2 is 2.00 bits per heavy atom. The second-order valence-electron chi connectivity index (χ2n) is 5.42. The van der Waals surface area contributed by atoms with Gasteiger partial charge in [-0.3, -0.25) is 10.3 Å². The fourth-order valence-electron chi connectivity index (χ4n) is 2.29. The van der Waals surface area contributed by atoms with E-state index in [0.717, 1.165) is 10.0 Å². The molecule has 0 radical (unpaired) electrons. The summed E-state index contributed by atoms with van der Waals surface area (Å²) in [4.78, 5) is 16.5. The van der Waals surface area contributed by atoms with Crippen LogP contribution in [0.5, 0.6) is 0 Å². The van der Waals surface area contributed by atoms with E-state index in [4.69, 9.17) is 9.26 Å². The number of hydrogen-bond acceptors (Lipinski definition) is 5. The first-order valence-corrected chi connectivity index (χ1v) is 8.44. The molecule has 0 unspecified atom stereocenters. The van der Waals surface area contributed by atoms with E-state index in [9.17, 15) is 4.79 Å². The van der Waals surface area contributed by atoms with Gasteiger partial charge in [-0.05, 0) is 47.5 Å². The van der Waals surface area contributed by atoms with Gasteiger partial charge in [0.2, 0.25) is 5.76 Å². The average molecular weight is 402 g/mol. The summed E-state index contributed by atoms with van der Waals surface area (Å²) in [6, 6.07) is 13.1. The lowest BCUT2D eigenvalue weighted by molar-refractivity contribution is 0.121. The van der Waals surface area contributed by atoms with Crippen LogP contribution in [-0.2, 0) is 4.74 Å². The van der Waals surface area contributed by atoms with Crippen LogP contribution in [0, 0.1) is 6.92 Å². The van der Waals surface area contributed by atoms with Crippen molar-refractivity contribution in [3.63, 3.8) is 0 Å². The van der Waals surface area contributed by atoms with Crippen molar-refractivity contribution < 1.29 is 14.1 Å². The molecule has 1 aromatic carbocycles. The summed E-state index contributed by atoms with van der Waals surface area (Å²) in [7, 11) is 0. The Labute approximate surface area is 153 Å². The molecule has 3 rings (SSSR count). The third-order valence-corrected chi connectivity index (χ3v) is 4.07. The number of aromatic nitrogens is 2. The van der Waals surface area contributed by atoms with Crippen molar-refractivity contribution in [2.75, 3.05) is 5.32 Å². The molecule has 6 nitrogen and oxygen atoms in total. The van der Waals surface area contributed by atoms with Crippen LogP contribution in [0.3, 0.4) is 0 Å². The van der Waals surface area contributed by atoms with Gasteiger partial charge in [0.25, 0.3) is 0 Å². The van der Waals surface area contributed by atoms with Crippen molar-refractivity contribution >= 4 is 27.7 Å². The molecular formula is C18H16BrN3O3. The molecule has 1 amide bonds. The van der Waals surface area contributed by atoms with Crippen LogP contribution in [0.2, 0.25) is 0 Å². The number of carbonyl (C=O) groups excluding carboxylic acids is 1. The van der Waals surface area contributed by atoms with E-state index in [1.807, 2.05) is 43.3 Å². The Morgan fingerprint density at radius 3 is 2.68 bits per heavy atom. The van der Waals surface area contributed by atoms with Gasteiger partial charge < -0.3 is 9.26 Å². The minimum absolute atomic E-state index is 0.379. The minimum atomic E-state index is -0.582. The van der Waals surface area contributed by atoms with Crippen molar-refractivity contribution in [2.24, 2.45) is 0 Å². The highest BCUT2D eigenvalue weighted by Crippen LogP contribution is 2.30. The van der Waals surface area contributed by atoms with E-state index in [-0.39, 0.29) is 6.10 Å². The molecule has 7 heteroatoms. The molecule has 0 saturated heterocycles. The standard InChI is InChI=1S/C18H16BrN3O3/c1-11-16(17(25-22-11)15-9-8-14(19)10-20-15)21-18(23)24-12(2)13-6-4-3-5-7-13/h3-10,12H,1-2H3,(H,21,23)/t12-/m1/s1. The molecule has 0 aliphatic heterocycles. The monoisotopic (exact) mass is 401 g/mol. The maximum atomic E-state index is 12.3. The summed E-state index contributed by atoms with van der Waals surface area (Å²) in [5.74, 6) is 0.384. The molecule has 128 valence electrons. The number of ether oxygens (including phenoxy) is 1. The van der Waals surface area contributed by atoms with Crippen LogP contribution < -0.4 is 5.32 Å². The Morgan fingerprint density at radius 1 is 1.24 bits per heavy atom. The first-order chi connectivity index (χ1) is 12.0. The van der Waals surface area contributed by atoms with Crippen molar-refractivity contribution in [1.82, 2.24) is 10.1 Å². The van der Waals surface area contributed by atoms with Crippen LogP contribution in [0.1, 0.15) is 24.3 Å². The summed E-state index contributed by atoms with van der Waals surface area (Å²) >= 11 is 3.33. The lowest BCUT2D eigenvalue weighted by Gasteiger charge is -2.14. The fraction of sp³-hybridized carbons (Fsp3) is 0.167. The van der Waals surface area contributed by atoms with Crippen LogP contribution >= 0.6 is 15.9 Å². The summed E-state index contributed by atoms with van der Waals surface area (Å²) in [6.07, 6.45) is 0.684. The minimum Gasteiger partial charge on any atom is -0.441 e. The maximum Gasteiger partial charge on any atom is 0.412 e. The molecular weight excluding hydrogens is 386 g/mol. The molecule has 0 aliphatic rings.